The number of nitrogens with zero attached hydrogens (tertiary/aromatic N) is 4. The summed E-state index contributed by atoms with van der Waals surface area (Å²) in [7, 11) is 6.00. The molecule has 0 aliphatic heterocycles. The first-order valence-corrected chi connectivity index (χ1v) is 6.98. The molecule has 122 valence electrons. The average molecular weight is 302 g/mol. The van der Waals surface area contributed by atoms with Gasteiger partial charge in [0.05, 0.1) is 12.0 Å². The second kappa shape index (κ2) is 9.66. The van der Waals surface area contributed by atoms with Gasteiger partial charge in [-0.25, -0.2) is 4.98 Å². The summed E-state index contributed by atoms with van der Waals surface area (Å²) in [5.41, 5.74) is 3.72. The van der Waals surface area contributed by atoms with E-state index in [4.69, 9.17) is 0 Å². The second-order valence-corrected chi connectivity index (χ2v) is 5.39. The van der Waals surface area contributed by atoms with Crippen molar-refractivity contribution >= 4 is 0 Å². The topological polar surface area (TPSA) is 27.7 Å². The van der Waals surface area contributed by atoms with E-state index in [0.29, 0.717) is 0 Å². The molecule has 0 aliphatic rings. The molecule has 4 nitrogen and oxygen atoms in total. The Morgan fingerprint density at radius 1 is 0.727 bits per heavy atom. The highest BCUT2D eigenvalue weighted by Crippen LogP contribution is 1.94. The summed E-state index contributed by atoms with van der Waals surface area (Å²) in [4.78, 5) is 3.98. The molecule has 3 aromatic rings. The van der Waals surface area contributed by atoms with Crippen molar-refractivity contribution in [2.45, 2.75) is 28.2 Å². The number of hydrogen-bond acceptors (Lipinski definition) is 1. The number of hydrogen-bond donors (Lipinski definition) is 0. The Hall–Kier alpha value is -2.23. The summed E-state index contributed by atoms with van der Waals surface area (Å²) in [6, 6.07) is 4.17. The summed E-state index contributed by atoms with van der Waals surface area (Å²) >= 11 is 0. The van der Waals surface area contributed by atoms with Crippen molar-refractivity contribution in [2.75, 3.05) is 0 Å². The highest BCUT2D eigenvalue weighted by Gasteiger charge is 1.82. The zero-order valence-corrected chi connectivity index (χ0v) is 13.9. The van der Waals surface area contributed by atoms with E-state index in [9.17, 15) is 0 Å². The maximum absolute atomic E-state index is 3.98. The van der Waals surface area contributed by atoms with Gasteiger partial charge < -0.3 is 13.7 Å². The third-order valence-electron chi connectivity index (χ3n) is 2.79. The van der Waals surface area contributed by atoms with Gasteiger partial charge in [-0.3, -0.25) is 0 Å². The Labute approximate surface area is 135 Å². The minimum Gasteiger partial charge on any atom is -0.357 e. The van der Waals surface area contributed by atoms with Crippen molar-refractivity contribution in [3.05, 3.63) is 66.3 Å². The smallest absolute Gasteiger partial charge is 0.0946 e. The first-order chi connectivity index (χ1) is 9.86. The van der Waals surface area contributed by atoms with Crippen molar-refractivity contribution in [3.8, 4) is 0 Å². The van der Waals surface area contributed by atoms with E-state index in [1.54, 1.807) is 6.33 Å². The standard InChI is InChI=1S/2C6H9N.C5H8N2.CH4/c2*1-6-3-4-7(2)5-6;1-5-3-7(2)4-6-5;/h2*3-5H,1-2H3;3-4H,1-2H3;1H4. The molecule has 0 saturated carbocycles. The van der Waals surface area contributed by atoms with E-state index in [1.165, 1.54) is 11.1 Å². The number of aromatic nitrogens is 4. The molecule has 0 radical (unpaired) electrons. The van der Waals surface area contributed by atoms with E-state index < -0.39 is 0 Å². The van der Waals surface area contributed by atoms with Crippen molar-refractivity contribution < 1.29 is 0 Å². The Morgan fingerprint density at radius 2 is 1.18 bits per heavy atom. The first-order valence-electron chi connectivity index (χ1n) is 6.98. The molecule has 3 rings (SSSR count). The minimum absolute atomic E-state index is 0. The van der Waals surface area contributed by atoms with Crippen molar-refractivity contribution in [1.29, 1.82) is 0 Å². The van der Waals surface area contributed by atoms with Crippen LogP contribution in [0.1, 0.15) is 24.2 Å². The zero-order chi connectivity index (χ0) is 15.8. The molecule has 4 heteroatoms. The molecule has 0 bridgehead atoms. The molecule has 0 aliphatic carbocycles. The van der Waals surface area contributed by atoms with E-state index >= 15 is 0 Å². The average Bonchev–Trinajstić information content (AvgIpc) is 3.06. The monoisotopic (exact) mass is 302 g/mol. The van der Waals surface area contributed by atoms with Crippen LogP contribution in [0.4, 0.5) is 0 Å². The van der Waals surface area contributed by atoms with Gasteiger partial charge in [0.25, 0.3) is 0 Å². The van der Waals surface area contributed by atoms with Gasteiger partial charge in [0.15, 0.2) is 0 Å². The Morgan fingerprint density at radius 3 is 1.27 bits per heavy atom. The quantitative estimate of drug-likeness (QED) is 0.616. The summed E-state index contributed by atoms with van der Waals surface area (Å²) in [6.07, 6.45) is 12.0. The van der Waals surface area contributed by atoms with Gasteiger partial charge in [-0.1, -0.05) is 7.43 Å². The van der Waals surface area contributed by atoms with Crippen LogP contribution in [0.25, 0.3) is 0 Å². The molecule has 3 aromatic heterocycles. The van der Waals surface area contributed by atoms with E-state index in [-0.39, 0.29) is 7.43 Å². The molecular formula is C18H30N4. The molecule has 3 heterocycles. The lowest BCUT2D eigenvalue weighted by atomic mass is 10.4. The van der Waals surface area contributed by atoms with Gasteiger partial charge in [-0.15, -0.1) is 0 Å². The third-order valence-corrected chi connectivity index (χ3v) is 2.79. The van der Waals surface area contributed by atoms with Crippen LogP contribution < -0.4 is 0 Å². The molecule has 0 fully saturated rings. The Balaban J connectivity index is 0.000000294. The molecule has 0 aromatic carbocycles. The van der Waals surface area contributed by atoms with Gasteiger partial charge in [0.2, 0.25) is 0 Å². The predicted molar refractivity (Wildman–Crippen MR) is 95.0 cm³/mol. The predicted octanol–water partition coefficient (Wildman–Crippen LogP) is 4.03. The Bertz CT molecular complexity index is 503. The maximum Gasteiger partial charge on any atom is 0.0946 e. The van der Waals surface area contributed by atoms with Gasteiger partial charge in [-0.05, 0) is 44.0 Å². The fourth-order valence-corrected chi connectivity index (χ4v) is 1.83. The van der Waals surface area contributed by atoms with Crippen LogP contribution in [0.5, 0.6) is 0 Å². The lowest BCUT2D eigenvalue weighted by Crippen LogP contribution is -1.76. The van der Waals surface area contributed by atoms with E-state index in [1.807, 2.05) is 60.4 Å². The zero-order valence-electron chi connectivity index (χ0n) is 13.9. The SMILES string of the molecule is C.Cc1ccn(C)c1.Cc1ccn(C)c1.Cc1cn(C)cn1. The largest absolute Gasteiger partial charge is 0.357 e. The molecule has 0 amide bonds. The van der Waals surface area contributed by atoms with Crippen LogP contribution in [0.15, 0.2) is 49.4 Å². The van der Waals surface area contributed by atoms with Gasteiger partial charge in [0.1, 0.15) is 0 Å². The molecule has 0 spiro atoms. The normalized spacial score (nSPS) is 9.00. The van der Waals surface area contributed by atoms with Crippen LogP contribution in [-0.2, 0) is 21.1 Å². The van der Waals surface area contributed by atoms with Gasteiger partial charge in [-0.2, -0.15) is 0 Å². The van der Waals surface area contributed by atoms with Crippen LogP contribution in [0, 0.1) is 20.8 Å². The molecule has 22 heavy (non-hydrogen) atoms. The van der Waals surface area contributed by atoms with Crippen LogP contribution in [-0.4, -0.2) is 18.7 Å². The fraction of sp³-hybridized carbons (Fsp3) is 0.389. The van der Waals surface area contributed by atoms with Crippen molar-refractivity contribution in [2.24, 2.45) is 21.1 Å². The minimum atomic E-state index is 0. The van der Waals surface area contributed by atoms with Crippen LogP contribution >= 0.6 is 0 Å². The molecule has 0 N–H and O–H groups in total. The molecular weight excluding hydrogens is 272 g/mol. The summed E-state index contributed by atoms with van der Waals surface area (Å²) in [5.74, 6) is 0. The first kappa shape index (κ1) is 19.8. The van der Waals surface area contributed by atoms with Crippen LogP contribution in [0.3, 0.4) is 0 Å². The maximum atomic E-state index is 3.98. The second-order valence-electron chi connectivity index (χ2n) is 5.39. The highest BCUT2D eigenvalue weighted by molar-refractivity contribution is 5.06. The Kier molecular flexibility index (Phi) is 8.68. The molecule has 0 unspecified atom stereocenters. The van der Waals surface area contributed by atoms with Crippen molar-refractivity contribution in [1.82, 2.24) is 18.7 Å². The number of aryl methyl sites for hydroxylation is 6. The van der Waals surface area contributed by atoms with Gasteiger partial charge >= 0.3 is 0 Å². The summed E-state index contributed by atoms with van der Waals surface area (Å²) in [5, 5.41) is 0. The molecule has 0 atom stereocenters. The van der Waals surface area contributed by atoms with Crippen molar-refractivity contribution in [3.63, 3.8) is 0 Å². The lowest BCUT2D eigenvalue weighted by Gasteiger charge is -1.80. The summed E-state index contributed by atoms with van der Waals surface area (Å²) < 4.78 is 6.00. The molecule has 0 saturated heterocycles. The lowest BCUT2D eigenvalue weighted by molar-refractivity contribution is 0.913. The highest BCUT2D eigenvalue weighted by atomic mass is 15.0. The number of imidazole rings is 1. The van der Waals surface area contributed by atoms with E-state index in [0.717, 1.165) is 5.69 Å². The van der Waals surface area contributed by atoms with Gasteiger partial charge in [0, 0.05) is 52.1 Å². The fourth-order valence-electron chi connectivity index (χ4n) is 1.83. The number of rotatable bonds is 0. The third kappa shape index (κ3) is 8.15. The van der Waals surface area contributed by atoms with Crippen LogP contribution in [0.2, 0.25) is 0 Å². The summed E-state index contributed by atoms with van der Waals surface area (Å²) in [6.45, 7) is 6.14. The van der Waals surface area contributed by atoms with E-state index in [2.05, 4.69) is 43.4 Å².